The molecular weight excluding hydrogens is 412 g/mol. The third kappa shape index (κ3) is 13.1. The van der Waals surface area contributed by atoms with E-state index in [1.807, 2.05) is 11.1 Å². The summed E-state index contributed by atoms with van der Waals surface area (Å²) in [5.41, 5.74) is 2.71. The lowest BCUT2D eigenvalue weighted by atomic mass is 9.81. The average molecular weight is 461 g/mol. The maximum Gasteiger partial charge on any atom is 0.224 e. The second-order valence-electron chi connectivity index (χ2n) is 9.05. The highest BCUT2D eigenvalue weighted by molar-refractivity contribution is 5.80. The van der Waals surface area contributed by atoms with Gasteiger partial charge in [-0.1, -0.05) is 78.2 Å². The number of carbonyl (C=O) groups excluding carboxylic acids is 2. The van der Waals surface area contributed by atoms with Gasteiger partial charge in [-0.05, 0) is 30.8 Å². The number of amides is 2. The minimum Gasteiger partial charge on any atom is -0.356 e. The molecule has 0 fully saturated rings. The number of allylic oxidation sites excluding steroid dienone is 4. The maximum absolute atomic E-state index is 12.3. The lowest BCUT2D eigenvalue weighted by Crippen LogP contribution is -2.37. The van der Waals surface area contributed by atoms with E-state index in [2.05, 4.69) is 75.3 Å². The quantitative estimate of drug-likeness (QED) is 0.169. The van der Waals surface area contributed by atoms with Crippen molar-refractivity contribution in [3.05, 3.63) is 35.6 Å². The fourth-order valence-electron chi connectivity index (χ4n) is 3.25. The molecule has 0 aromatic rings. The molecule has 0 saturated carbocycles. The standard InChI is InChI=1S/C27H48N4O2/c1-9-19-31(28-8)25(16-18-29-26(33)22(5)21-30-23(6)32)20-24(10-2)15-13-14-17-27(7,11-3)12-4/h13-16,22H,8-12,17-21H2,1-7H3,(H,29,33)(H,30,32)/b14-13-,24-15+,25-16-/t22-/m1/s1. The van der Waals surface area contributed by atoms with E-state index in [1.54, 1.807) is 6.92 Å². The number of hydrogen-bond acceptors (Lipinski definition) is 4. The Labute approximate surface area is 202 Å². The molecule has 0 aliphatic carbocycles. The number of hydrogen-bond donors (Lipinski definition) is 2. The summed E-state index contributed by atoms with van der Waals surface area (Å²) < 4.78 is 0. The number of rotatable bonds is 17. The Hall–Kier alpha value is -2.37. The monoisotopic (exact) mass is 460 g/mol. The third-order valence-corrected chi connectivity index (χ3v) is 6.30. The van der Waals surface area contributed by atoms with Crippen molar-refractivity contribution < 1.29 is 9.59 Å². The topological polar surface area (TPSA) is 73.8 Å². The smallest absolute Gasteiger partial charge is 0.224 e. The van der Waals surface area contributed by atoms with Crippen LogP contribution in [0.3, 0.4) is 0 Å². The van der Waals surface area contributed by atoms with E-state index in [9.17, 15) is 9.59 Å². The molecule has 0 aliphatic rings. The predicted molar refractivity (Wildman–Crippen MR) is 141 cm³/mol. The minimum absolute atomic E-state index is 0.0861. The molecule has 0 spiro atoms. The van der Waals surface area contributed by atoms with Crippen molar-refractivity contribution in [1.82, 2.24) is 15.6 Å². The van der Waals surface area contributed by atoms with E-state index in [1.165, 1.54) is 25.3 Å². The van der Waals surface area contributed by atoms with Crippen molar-refractivity contribution >= 4 is 18.5 Å². The van der Waals surface area contributed by atoms with E-state index in [4.69, 9.17) is 0 Å². The van der Waals surface area contributed by atoms with Crippen molar-refractivity contribution in [2.45, 2.75) is 87.0 Å². The Balaban J connectivity index is 5.29. The molecular formula is C27H48N4O2. The first kappa shape index (κ1) is 30.6. The van der Waals surface area contributed by atoms with Crippen LogP contribution < -0.4 is 10.6 Å². The van der Waals surface area contributed by atoms with Crippen molar-refractivity contribution in [3.8, 4) is 0 Å². The first-order valence-corrected chi connectivity index (χ1v) is 12.5. The molecule has 0 bridgehead atoms. The zero-order valence-corrected chi connectivity index (χ0v) is 22.2. The van der Waals surface area contributed by atoms with Gasteiger partial charge in [-0.3, -0.25) is 14.6 Å². The second-order valence-corrected chi connectivity index (χ2v) is 9.05. The summed E-state index contributed by atoms with van der Waals surface area (Å²) in [5.74, 6) is -0.508. The maximum atomic E-state index is 12.3. The molecule has 2 amide bonds. The molecule has 6 heteroatoms. The van der Waals surface area contributed by atoms with Crippen LogP contribution in [0.5, 0.6) is 0 Å². The normalized spacial score (nSPS) is 13.7. The van der Waals surface area contributed by atoms with Gasteiger partial charge in [-0.2, -0.15) is 5.10 Å². The Morgan fingerprint density at radius 3 is 2.33 bits per heavy atom. The molecule has 188 valence electrons. The Morgan fingerprint density at radius 1 is 1.15 bits per heavy atom. The van der Waals surface area contributed by atoms with Crippen molar-refractivity contribution in [2.24, 2.45) is 16.4 Å². The Bertz CT molecular complexity index is 690. The molecule has 33 heavy (non-hydrogen) atoms. The summed E-state index contributed by atoms with van der Waals surface area (Å²) in [7, 11) is 0. The molecule has 0 aromatic carbocycles. The number of hydrazone groups is 1. The largest absolute Gasteiger partial charge is 0.356 e. The zero-order valence-electron chi connectivity index (χ0n) is 22.2. The number of nitrogens with one attached hydrogen (secondary N) is 2. The van der Waals surface area contributed by atoms with Crippen molar-refractivity contribution in [2.75, 3.05) is 19.6 Å². The van der Waals surface area contributed by atoms with Crippen LogP contribution in [0.2, 0.25) is 0 Å². The fraction of sp³-hybridized carbons (Fsp3) is 0.667. The third-order valence-electron chi connectivity index (χ3n) is 6.30. The second kappa shape index (κ2) is 17.2. The van der Waals surface area contributed by atoms with Gasteiger partial charge < -0.3 is 10.6 Å². The van der Waals surface area contributed by atoms with E-state index in [-0.39, 0.29) is 17.7 Å². The summed E-state index contributed by atoms with van der Waals surface area (Å²) in [6.07, 6.45) is 14.8. The molecule has 0 saturated heterocycles. The molecule has 0 unspecified atom stereocenters. The van der Waals surface area contributed by atoms with Crippen LogP contribution in [0, 0.1) is 11.3 Å². The van der Waals surface area contributed by atoms with Gasteiger partial charge in [0.1, 0.15) is 0 Å². The van der Waals surface area contributed by atoms with Gasteiger partial charge in [0, 0.05) is 45.4 Å². The summed E-state index contributed by atoms with van der Waals surface area (Å²) >= 11 is 0. The van der Waals surface area contributed by atoms with Crippen molar-refractivity contribution in [3.63, 3.8) is 0 Å². The first-order chi connectivity index (χ1) is 15.7. The van der Waals surface area contributed by atoms with Crippen LogP contribution in [-0.4, -0.2) is 43.2 Å². The molecule has 0 aromatic heterocycles. The molecule has 0 heterocycles. The molecule has 6 nitrogen and oxygen atoms in total. The number of nitrogens with zero attached hydrogens (tertiary/aromatic N) is 2. The van der Waals surface area contributed by atoms with Gasteiger partial charge in [-0.15, -0.1) is 0 Å². The Morgan fingerprint density at radius 2 is 1.82 bits per heavy atom. The Kier molecular flexibility index (Phi) is 15.9. The van der Waals surface area contributed by atoms with Crippen LogP contribution in [0.4, 0.5) is 0 Å². The lowest BCUT2D eigenvalue weighted by molar-refractivity contribution is -0.124. The SMILES string of the molecule is C=NN(CCC)/C(=C\CNC(=O)[C@H](C)CNC(C)=O)C/C(=C/C=C\CC(C)(CC)CC)CC. The predicted octanol–water partition coefficient (Wildman–Crippen LogP) is 5.59. The van der Waals surface area contributed by atoms with Crippen LogP contribution in [-0.2, 0) is 9.59 Å². The summed E-state index contributed by atoms with van der Waals surface area (Å²) in [4.78, 5) is 23.4. The summed E-state index contributed by atoms with van der Waals surface area (Å²) in [6.45, 7) is 19.6. The first-order valence-electron chi connectivity index (χ1n) is 12.5. The molecule has 2 N–H and O–H groups in total. The van der Waals surface area contributed by atoms with E-state index in [0.717, 1.165) is 37.9 Å². The molecule has 0 rings (SSSR count). The molecule has 1 atom stereocenters. The highest BCUT2D eigenvalue weighted by Gasteiger charge is 2.17. The van der Waals surface area contributed by atoms with Gasteiger partial charge >= 0.3 is 0 Å². The lowest BCUT2D eigenvalue weighted by Gasteiger charge is -2.24. The van der Waals surface area contributed by atoms with Gasteiger partial charge in [-0.25, -0.2) is 0 Å². The summed E-state index contributed by atoms with van der Waals surface area (Å²) in [5, 5.41) is 11.8. The summed E-state index contributed by atoms with van der Waals surface area (Å²) in [6, 6.07) is 0. The van der Waals surface area contributed by atoms with E-state index in [0.29, 0.717) is 18.5 Å². The highest BCUT2D eigenvalue weighted by atomic mass is 16.2. The average Bonchev–Trinajstić information content (AvgIpc) is 2.81. The van der Waals surface area contributed by atoms with Gasteiger partial charge in [0.15, 0.2) is 0 Å². The van der Waals surface area contributed by atoms with Crippen LogP contribution >= 0.6 is 0 Å². The van der Waals surface area contributed by atoms with Gasteiger partial charge in [0.2, 0.25) is 11.8 Å². The number of carbonyl (C=O) groups is 2. The van der Waals surface area contributed by atoms with Crippen LogP contribution in [0.1, 0.15) is 87.0 Å². The zero-order chi connectivity index (χ0) is 25.3. The van der Waals surface area contributed by atoms with Gasteiger partial charge in [0.05, 0.1) is 5.92 Å². The molecule has 0 radical (unpaired) electrons. The molecule has 0 aliphatic heterocycles. The van der Waals surface area contributed by atoms with Crippen LogP contribution in [0.15, 0.2) is 40.7 Å². The fourth-order valence-corrected chi connectivity index (χ4v) is 3.25. The van der Waals surface area contributed by atoms with Crippen LogP contribution in [0.25, 0.3) is 0 Å². The van der Waals surface area contributed by atoms with Gasteiger partial charge in [0.25, 0.3) is 0 Å². The minimum atomic E-state index is -0.289. The highest BCUT2D eigenvalue weighted by Crippen LogP contribution is 2.30. The van der Waals surface area contributed by atoms with Crippen molar-refractivity contribution in [1.29, 1.82) is 0 Å². The van der Waals surface area contributed by atoms with E-state index < -0.39 is 0 Å². The van der Waals surface area contributed by atoms with E-state index >= 15 is 0 Å².